The molecule has 1 heteroatoms. The number of ether oxygens (including phenoxy) is 1. The molecule has 0 bridgehead atoms. The van der Waals surface area contributed by atoms with Gasteiger partial charge in [0.2, 0.25) is 0 Å². The second-order valence-corrected chi connectivity index (χ2v) is 13.0. The van der Waals surface area contributed by atoms with E-state index < -0.39 is 0 Å². The van der Waals surface area contributed by atoms with Crippen molar-refractivity contribution >= 4 is 0 Å². The molecule has 0 aliphatic carbocycles. The number of rotatable bonds is 11. The first-order valence-corrected chi connectivity index (χ1v) is 11.8. The Kier molecular flexibility index (Phi) is 9.47. The van der Waals surface area contributed by atoms with Gasteiger partial charge in [-0.25, -0.2) is 0 Å². The lowest BCUT2D eigenvalue weighted by Crippen LogP contribution is -2.22. The maximum absolute atomic E-state index is 5.93. The van der Waals surface area contributed by atoms with Gasteiger partial charge < -0.3 is 4.74 Å². The monoisotopic (exact) mass is 402 g/mol. The van der Waals surface area contributed by atoms with Crippen LogP contribution in [0.2, 0.25) is 0 Å². The van der Waals surface area contributed by atoms with Crippen molar-refractivity contribution in [3.05, 3.63) is 35.4 Å². The van der Waals surface area contributed by atoms with Crippen molar-refractivity contribution in [3.63, 3.8) is 0 Å². The molecule has 0 N–H and O–H groups in total. The van der Waals surface area contributed by atoms with Crippen LogP contribution >= 0.6 is 0 Å². The number of benzene rings is 1. The van der Waals surface area contributed by atoms with Crippen LogP contribution in [0.4, 0.5) is 0 Å². The van der Waals surface area contributed by atoms with Crippen LogP contribution in [0.1, 0.15) is 112 Å². The third-order valence-corrected chi connectivity index (χ3v) is 6.12. The molecule has 1 aromatic carbocycles. The average Bonchev–Trinajstić information content (AvgIpc) is 2.55. The topological polar surface area (TPSA) is 9.23 Å². The van der Waals surface area contributed by atoms with Crippen molar-refractivity contribution in [1.29, 1.82) is 0 Å². The summed E-state index contributed by atoms with van der Waals surface area (Å²) in [6, 6.07) is 9.29. The summed E-state index contributed by atoms with van der Waals surface area (Å²) < 4.78 is 5.93. The van der Waals surface area contributed by atoms with E-state index in [1.807, 2.05) is 0 Å². The summed E-state index contributed by atoms with van der Waals surface area (Å²) in [5.41, 5.74) is 4.20. The van der Waals surface area contributed by atoms with Gasteiger partial charge in [-0.15, -0.1) is 0 Å². The molecule has 29 heavy (non-hydrogen) atoms. The Morgan fingerprint density at radius 2 is 1.17 bits per heavy atom. The highest BCUT2D eigenvalue weighted by Gasteiger charge is 2.25. The largest absolute Gasteiger partial charge is 0.381 e. The van der Waals surface area contributed by atoms with E-state index in [9.17, 15) is 0 Å². The van der Waals surface area contributed by atoms with Gasteiger partial charge in [-0.1, -0.05) is 93.5 Å². The molecular weight excluding hydrogens is 352 g/mol. The molecule has 168 valence electrons. The van der Waals surface area contributed by atoms with Crippen molar-refractivity contribution in [2.45, 2.75) is 113 Å². The van der Waals surface area contributed by atoms with Crippen molar-refractivity contribution in [2.24, 2.45) is 16.2 Å². The fourth-order valence-corrected chi connectivity index (χ4v) is 3.72. The van der Waals surface area contributed by atoms with Gasteiger partial charge in [0, 0.05) is 13.2 Å². The normalized spacial score (nSPS) is 13.7. The molecule has 0 aliphatic heterocycles. The van der Waals surface area contributed by atoms with Crippen LogP contribution < -0.4 is 0 Å². The first-order chi connectivity index (χ1) is 13.1. The molecule has 0 amide bonds. The van der Waals surface area contributed by atoms with Crippen LogP contribution in [0.5, 0.6) is 0 Å². The summed E-state index contributed by atoms with van der Waals surface area (Å²) >= 11 is 0. The van der Waals surface area contributed by atoms with Crippen LogP contribution in [0.3, 0.4) is 0 Å². The van der Waals surface area contributed by atoms with E-state index in [0.717, 1.165) is 26.1 Å². The van der Waals surface area contributed by atoms with E-state index in [0.29, 0.717) is 16.2 Å². The number of hydrogen-bond donors (Lipinski definition) is 0. The molecular formula is C28H50O. The zero-order valence-corrected chi connectivity index (χ0v) is 21.4. The highest BCUT2D eigenvalue weighted by molar-refractivity contribution is 5.28. The average molecular weight is 403 g/mol. The first-order valence-electron chi connectivity index (χ1n) is 11.8. The Morgan fingerprint density at radius 1 is 0.621 bits per heavy atom. The minimum atomic E-state index is 0.229. The van der Waals surface area contributed by atoms with Gasteiger partial charge in [-0.2, -0.15) is 0 Å². The minimum absolute atomic E-state index is 0.229. The smallest absolute Gasteiger partial charge is 0.0471 e. The van der Waals surface area contributed by atoms with E-state index in [4.69, 9.17) is 4.74 Å². The van der Waals surface area contributed by atoms with Crippen LogP contribution in [-0.4, -0.2) is 13.2 Å². The fraction of sp³-hybridized carbons (Fsp3) is 0.786. The van der Waals surface area contributed by atoms with E-state index >= 15 is 0 Å². The lowest BCUT2D eigenvalue weighted by atomic mass is 9.75. The second-order valence-electron chi connectivity index (χ2n) is 13.0. The molecule has 1 rings (SSSR count). The Bertz CT molecular complexity index is 578. The Hall–Kier alpha value is -0.820. The van der Waals surface area contributed by atoms with Crippen LogP contribution in [0, 0.1) is 16.2 Å². The van der Waals surface area contributed by atoms with Gasteiger partial charge >= 0.3 is 0 Å². The van der Waals surface area contributed by atoms with Gasteiger partial charge in [0.15, 0.2) is 0 Å². The van der Waals surface area contributed by atoms with Crippen molar-refractivity contribution in [3.8, 4) is 0 Å². The van der Waals surface area contributed by atoms with Crippen molar-refractivity contribution < 1.29 is 4.74 Å². The van der Waals surface area contributed by atoms with Gasteiger partial charge in [0.05, 0.1) is 0 Å². The quantitative estimate of drug-likeness (QED) is 0.337. The first kappa shape index (κ1) is 26.2. The summed E-state index contributed by atoms with van der Waals surface area (Å²) in [6.45, 7) is 25.2. The molecule has 0 fully saturated rings. The molecule has 0 atom stereocenters. The van der Waals surface area contributed by atoms with Crippen LogP contribution in [0.25, 0.3) is 0 Å². The molecule has 0 aromatic heterocycles. The van der Waals surface area contributed by atoms with E-state index in [-0.39, 0.29) is 5.41 Å². The minimum Gasteiger partial charge on any atom is -0.381 e. The van der Waals surface area contributed by atoms with Gasteiger partial charge in [-0.3, -0.25) is 0 Å². The molecule has 1 aromatic rings. The van der Waals surface area contributed by atoms with Crippen molar-refractivity contribution in [2.75, 3.05) is 13.2 Å². The molecule has 0 spiro atoms. The molecule has 0 heterocycles. The molecule has 0 saturated heterocycles. The van der Waals surface area contributed by atoms with E-state index in [2.05, 4.69) is 93.5 Å². The Morgan fingerprint density at radius 3 is 1.69 bits per heavy atom. The standard InChI is InChI=1S/C28H50O/c1-25(2,3)16-11-20-29-21-19-27(7,8)17-18-28(9,10)22-23-12-14-24(15-13-23)26(4,5)6/h12-15H,11,16-22H2,1-10H3. The lowest BCUT2D eigenvalue weighted by Gasteiger charge is -2.31. The molecule has 0 unspecified atom stereocenters. The zero-order chi connectivity index (χ0) is 22.3. The Labute approximate surface area is 183 Å². The maximum atomic E-state index is 5.93. The third-order valence-electron chi connectivity index (χ3n) is 6.12. The predicted octanol–water partition coefficient (Wildman–Crippen LogP) is 8.59. The van der Waals surface area contributed by atoms with Crippen LogP contribution in [0.15, 0.2) is 24.3 Å². The highest BCUT2D eigenvalue weighted by atomic mass is 16.5. The van der Waals surface area contributed by atoms with Gasteiger partial charge in [-0.05, 0) is 71.3 Å². The SMILES string of the molecule is CC(C)(C)CCCOCCC(C)(C)CCC(C)(C)Cc1ccc(C(C)(C)C)cc1. The second kappa shape index (κ2) is 10.5. The van der Waals surface area contributed by atoms with Crippen LogP contribution in [-0.2, 0) is 16.6 Å². The van der Waals surface area contributed by atoms with E-state index in [1.54, 1.807) is 0 Å². The van der Waals surface area contributed by atoms with Crippen molar-refractivity contribution in [1.82, 2.24) is 0 Å². The van der Waals surface area contributed by atoms with E-state index in [1.165, 1.54) is 36.8 Å². The Balaban J connectivity index is 2.39. The molecule has 1 nitrogen and oxygen atoms in total. The predicted molar refractivity (Wildman–Crippen MR) is 130 cm³/mol. The summed E-state index contributed by atoms with van der Waals surface area (Å²) in [4.78, 5) is 0. The van der Waals surface area contributed by atoms with Gasteiger partial charge in [0.25, 0.3) is 0 Å². The lowest BCUT2D eigenvalue weighted by molar-refractivity contribution is 0.0886. The summed E-state index contributed by atoms with van der Waals surface area (Å²) in [5, 5.41) is 0. The van der Waals surface area contributed by atoms with Gasteiger partial charge in [0.1, 0.15) is 0 Å². The number of hydrogen-bond acceptors (Lipinski definition) is 1. The highest BCUT2D eigenvalue weighted by Crippen LogP contribution is 2.35. The zero-order valence-electron chi connectivity index (χ0n) is 21.4. The summed E-state index contributed by atoms with van der Waals surface area (Å²) in [7, 11) is 0. The molecule has 0 radical (unpaired) electrons. The molecule has 0 aliphatic rings. The summed E-state index contributed by atoms with van der Waals surface area (Å²) in [5.74, 6) is 0. The summed E-state index contributed by atoms with van der Waals surface area (Å²) in [6.07, 6.45) is 7.22. The molecule has 0 saturated carbocycles. The fourth-order valence-electron chi connectivity index (χ4n) is 3.72. The third kappa shape index (κ3) is 11.8. The maximum Gasteiger partial charge on any atom is 0.0471 e.